The number of nitrogens with zero attached hydrogens (tertiary/aromatic N) is 1. The molecule has 0 aromatic heterocycles. The average molecular weight is 348 g/mol. The maximum absolute atomic E-state index is 10.2. The number of hydrogen-bond acceptors (Lipinski definition) is 2. The molecule has 1 saturated heterocycles. The number of piperidine rings is 1. The van der Waals surface area contributed by atoms with E-state index in [1.807, 2.05) is 6.07 Å². The quantitative estimate of drug-likeness (QED) is 0.836. The van der Waals surface area contributed by atoms with E-state index in [9.17, 15) is 5.11 Å². The van der Waals surface area contributed by atoms with Crippen molar-refractivity contribution in [1.29, 1.82) is 0 Å². The molecule has 2 aliphatic carbocycles. The fourth-order valence-corrected chi connectivity index (χ4v) is 6.36. The SMILES string of the molecule is CC1C2Cc3ccc(O)cc3C1(c1ccccc1)CCN2C1CCCC1. The molecule has 2 aromatic carbocycles. The minimum absolute atomic E-state index is 0.0351. The maximum atomic E-state index is 10.2. The zero-order valence-corrected chi connectivity index (χ0v) is 15.7. The van der Waals surface area contributed by atoms with Crippen LogP contribution in [-0.2, 0) is 11.8 Å². The molecule has 3 atom stereocenters. The molecule has 2 aromatic rings. The van der Waals surface area contributed by atoms with Crippen LogP contribution in [0.4, 0.5) is 0 Å². The highest BCUT2D eigenvalue weighted by molar-refractivity contribution is 5.51. The molecular formula is C24H29NO. The molecular weight excluding hydrogens is 318 g/mol. The van der Waals surface area contributed by atoms with Crippen LogP contribution in [0.2, 0.25) is 0 Å². The Kier molecular flexibility index (Phi) is 3.86. The normalized spacial score (nSPS) is 31.7. The highest BCUT2D eigenvalue weighted by atomic mass is 16.3. The van der Waals surface area contributed by atoms with Crippen LogP contribution in [0, 0.1) is 5.92 Å². The van der Waals surface area contributed by atoms with Crippen molar-refractivity contribution < 1.29 is 5.11 Å². The van der Waals surface area contributed by atoms with Gasteiger partial charge in [-0.3, -0.25) is 4.90 Å². The zero-order valence-electron chi connectivity index (χ0n) is 15.7. The third-order valence-corrected chi connectivity index (χ3v) is 7.63. The third-order valence-electron chi connectivity index (χ3n) is 7.63. The van der Waals surface area contributed by atoms with Crippen molar-refractivity contribution in [3.05, 3.63) is 65.2 Å². The molecule has 0 amide bonds. The standard InChI is InChI=1S/C24H29NO/c1-17-23-15-18-11-12-21(26)16-22(18)24(17,19-7-3-2-4-8-19)13-14-25(23)20-9-5-6-10-20/h2-4,7-8,11-12,16-17,20,23,26H,5-6,9-10,13-15H2,1H3. The Morgan fingerprint density at radius 2 is 1.81 bits per heavy atom. The summed E-state index contributed by atoms with van der Waals surface area (Å²) in [6, 6.07) is 18.6. The van der Waals surface area contributed by atoms with Gasteiger partial charge in [0.1, 0.15) is 5.75 Å². The first-order chi connectivity index (χ1) is 12.7. The molecule has 1 aliphatic heterocycles. The van der Waals surface area contributed by atoms with Crippen LogP contribution in [0.3, 0.4) is 0 Å². The Balaban J connectivity index is 1.66. The molecule has 2 nitrogen and oxygen atoms in total. The molecule has 3 aliphatic rings. The van der Waals surface area contributed by atoms with Crippen LogP contribution in [0.15, 0.2) is 48.5 Å². The smallest absolute Gasteiger partial charge is 0.115 e. The van der Waals surface area contributed by atoms with Crippen molar-refractivity contribution in [2.45, 2.75) is 62.9 Å². The van der Waals surface area contributed by atoms with Crippen LogP contribution in [0.25, 0.3) is 0 Å². The predicted molar refractivity (Wildman–Crippen MR) is 106 cm³/mol. The third kappa shape index (κ3) is 2.28. The lowest BCUT2D eigenvalue weighted by Crippen LogP contribution is -2.61. The number of phenols is 1. The van der Waals surface area contributed by atoms with Gasteiger partial charge in [0.25, 0.3) is 0 Å². The number of phenolic OH excluding ortho intramolecular Hbond substituents is 1. The van der Waals surface area contributed by atoms with E-state index >= 15 is 0 Å². The number of likely N-dealkylation sites (tertiary alicyclic amines) is 1. The molecule has 136 valence electrons. The van der Waals surface area contributed by atoms with Crippen molar-refractivity contribution in [2.24, 2.45) is 5.92 Å². The van der Waals surface area contributed by atoms with Crippen LogP contribution in [0.1, 0.15) is 55.7 Å². The Hall–Kier alpha value is -1.80. The molecule has 2 bridgehead atoms. The Bertz CT molecular complexity index is 795. The van der Waals surface area contributed by atoms with E-state index < -0.39 is 0 Å². The van der Waals surface area contributed by atoms with Gasteiger partial charge < -0.3 is 5.11 Å². The Morgan fingerprint density at radius 3 is 2.58 bits per heavy atom. The number of hydrogen-bond donors (Lipinski definition) is 1. The number of aromatic hydroxyl groups is 1. The minimum Gasteiger partial charge on any atom is -0.508 e. The van der Waals surface area contributed by atoms with Gasteiger partial charge in [0.2, 0.25) is 0 Å². The van der Waals surface area contributed by atoms with Crippen molar-refractivity contribution in [3.63, 3.8) is 0 Å². The molecule has 2 fully saturated rings. The first-order valence-electron chi connectivity index (χ1n) is 10.3. The van der Waals surface area contributed by atoms with Gasteiger partial charge in [-0.2, -0.15) is 0 Å². The summed E-state index contributed by atoms with van der Waals surface area (Å²) in [6.07, 6.45) is 7.84. The van der Waals surface area contributed by atoms with E-state index in [-0.39, 0.29) is 5.41 Å². The highest BCUT2D eigenvalue weighted by Gasteiger charge is 2.53. The molecule has 5 rings (SSSR count). The van der Waals surface area contributed by atoms with Crippen LogP contribution >= 0.6 is 0 Å². The highest BCUT2D eigenvalue weighted by Crippen LogP contribution is 2.54. The van der Waals surface area contributed by atoms with E-state index in [2.05, 4.69) is 54.3 Å². The van der Waals surface area contributed by atoms with Gasteiger partial charge in [0, 0.05) is 17.5 Å². The van der Waals surface area contributed by atoms with Crippen molar-refractivity contribution in [2.75, 3.05) is 6.54 Å². The van der Waals surface area contributed by atoms with E-state index in [0.717, 1.165) is 18.9 Å². The molecule has 26 heavy (non-hydrogen) atoms. The van der Waals surface area contributed by atoms with E-state index in [0.29, 0.717) is 17.7 Å². The lowest BCUT2D eigenvalue weighted by molar-refractivity contribution is 0.0111. The van der Waals surface area contributed by atoms with E-state index in [1.165, 1.54) is 48.9 Å². The Labute approximate surface area is 156 Å². The first-order valence-corrected chi connectivity index (χ1v) is 10.3. The van der Waals surface area contributed by atoms with Crippen molar-refractivity contribution in [3.8, 4) is 5.75 Å². The largest absolute Gasteiger partial charge is 0.508 e. The summed E-state index contributed by atoms with van der Waals surface area (Å²) in [5.41, 5.74) is 4.28. The fourth-order valence-electron chi connectivity index (χ4n) is 6.36. The van der Waals surface area contributed by atoms with Gasteiger partial charge in [-0.05, 0) is 67.0 Å². The summed E-state index contributed by atoms with van der Waals surface area (Å²) in [7, 11) is 0. The number of rotatable bonds is 2. The van der Waals surface area contributed by atoms with Crippen LogP contribution in [-0.4, -0.2) is 28.6 Å². The van der Waals surface area contributed by atoms with Crippen LogP contribution < -0.4 is 0 Å². The molecule has 0 spiro atoms. The number of fused-ring (bicyclic) bond motifs is 4. The van der Waals surface area contributed by atoms with Gasteiger partial charge in [0.05, 0.1) is 0 Å². The second kappa shape index (κ2) is 6.13. The van der Waals surface area contributed by atoms with Gasteiger partial charge in [-0.15, -0.1) is 0 Å². The molecule has 0 radical (unpaired) electrons. The van der Waals surface area contributed by atoms with Gasteiger partial charge in [0.15, 0.2) is 0 Å². The maximum Gasteiger partial charge on any atom is 0.115 e. The van der Waals surface area contributed by atoms with Crippen molar-refractivity contribution in [1.82, 2.24) is 4.90 Å². The van der Waals surface area contributed by atoms with E-state index in [1.54, 1.807) is 0 Å². The Morgan fingerprint density at radius 1 is 1.04 bits per heavy atom. The lowest BCUT2D eigenvalue weighted by Gasteiger charge is -2.57. The summed E-state index contributed by atoms with van der Waals surface area (Å²) < 4.78 is 0. The van der Waals surface area contributed by atoms with Gasteiger partial charge >= 0.3 is 0 Å². The summed E-state index contributed by atoms with van der Waals surface area (Å²) in [5.74, 6) is 0.969. The first kappa shape index (κ1) is 16.4. The summed E-state index contributed by atoms with van der Waals surface area (Å²) in [5, 5.41) is 10.2. The van der Waals surface area contributed by atoms with Gasteiger partial charge in [-0.1, -0.05) is 56.2 Å². The molecule has 3 unspecified atom stereocenters. The lowest BCUT2D eigenvalue weighted by atomic mass is 9.55. The summed E-state index contributed by atoms with van der Waals surface area (Å²) in [4.78, 5) is 2.86. The zero-order chi connectivity index (χ0) is 17.7. The molecule has 1 N–H and O–H groups in total. The molecule has 1 heterocycles. The monoisotopic (exact) mass is 347 g/mol. The van der Waals surface area contributed by atoms with E-state index in [4.69, 9.17) is 0 Å². The molecule has 2 heteroatoms. The predicted octanol–water partition coefficient (Wildman–Crippen LogP) is 4.89. The average Bonchev–Trinajstić information content (AvgIpc) is 3.18. The summed E-state index contributed by atoms with van der Waals surface area (Å²) >= 11 is 0. The van der Waals surface area contributed by atoms with Crippen molar-refractivity contribution >= 4 is 0 Å². The molecule has 1 saturated carbocycles. The fraction of sp³-hybridized carbons (Fsp3) is 0.500. The second-order valence-electron chi connectivity index (χ2n) is 8.67. The minimum atomic E-state index is 0.0351. The van der Waals surface area contributed by atoms with Gasteiger partial charge in [-0.25, -0.2) is 0 Å². The topological polar surface area (TPSA) is 23.5 Å². The second-order valence-corrected chi connectivity index (χ2v) is 8.67. The van der Waals surface area contributed by atoms with Crippen LogP contribution in [0.5, 0.6) is 5.75 Å². The number of benzene rings is 2. The summed E-state index contributed by atoms with van der Waals surface area (Å²) in [6.45, 7) is 3.65.